The molecule has 1 aliphatic rings. The van der Waals surface area contributed by atoms with Gasteiger partial charge in [-0.2, -0.15) is 13.2 Å². The second kappa shape index (κ2) is 5.51. The zero-order chi connectivity index (χ0) is 15.6. The standard InChI is InChI=1S/C12H10F3N3O3/c13-12(14,15)7-1-3-18(4-2-7)10(19)8-5-17-9(6-16-8)11(20)21/h1,5-6H,2-4H2,(H,20,21). The lowest BCUT2D eigenvalue weighted by Crippen LogP contribution is -2.37. The van der Waals surface area contributed by atoms with Gasteiger partial charge in [0, 0.05) is 18.7 Å². The van der Waals surface area contributed by atoms with Gasteiger partial charge in [0.15, 0.2) is 5.69 Å². The molecule has 0 unspecified atom stereocenters. The van der Waals surface area contributed by atoms with E-state index in [4.69, 9.17) is 5.11 Å². The van der Waals surface area contributed by atoms with Gasteiger partial charge >= 0.3 is 12.1 Å². The van der Waals surface area contributed by atoms with Crippen LogP contribution in [0.2, 0.25) is 0 Å². The molecule has 2 rings (SSSR count). The first-order chi connectivity index (χ1) is 9.79. The van der Waals surface area contributed by atoms with E-state index < -0.39 is 23.6 Å². The lowest BCUT2D eigenvalue weighted by atomic mass is 10.1. The van der Waals surface area contributed by atoms with Crippen LogP contribution < -0.4 is 0 Å². The Hall–Kier alpha value is -2.45. The Morgan fingerprint density at radius 2 is 1.81 bits per heavy atom. The zero-order valence-electron chi connectivity index (χ0n) is 10.6. The number of carboxylic acids is 1. The third-order valence-corrected chi connectivity index (χ3v) is 2.95. The molecular weight excluding hydrogens is 291 g/mol. The van der Waals surface area contributed by atoms with Crippen LogP contribution in [0.3, 0.4) is 0 Å². The molecule has 0 bridgehead atoms. The Morgan fingerprint density at radius 3 is 2.24 bits per heavy atom. The van der Waals surface area contributed by atoms with Crippen molar-refractivity contribution in [3.05, 3.63) is 35.4 Å². The summed E-state index contributed by atoms with van der Waals surface area (Å²) in [7, 11) is 0. The van der Waals surface area contributed by atoms with Gasteiger partial charge in [0.2, 0.25) is 0 Å². The number of hydrogen-bond acceptors (Lipinski definition) is 4. The first kappa shape index (κ1) is 14.9. The molecule has 0 aliphatic carbocycles. The summed E-state index contributed by atoms with van der Waals surface area (Å²) >= 11 is 0. The quantitative estimate of drug-likeness (QED) is 0.837. The normalized spacial score (nSPS) is 15.6. The molecule has 0 spiro atoms. The van der Waals surface area contributed by atoms with Crippen LogP contribution in [0.25, 0.3) is 0 Å². The van der Waals surface area contributed by atoms with E-state index in [2.05, 4.69) is 9.97 Å². The van der Waals surface area contributed by atoms with Gasteiger partial charge in [0.1, 0.15) is 5.69 Å². The number of carboxylic acid groups (broad SMARTS) is 1. The summed E-state index contributed by atoms with van der Waals surface area (Å²) in [5.41, 5.74) is -1.08. The van der Waals surface area contributed by atoms with E-state index in [1.807, 2.05) is 0 Å². The molecule has 2 heterocycles. The van der Waals surface area contributed by atoms with Gasteiger partial charge in [0.25, 0.3) is 5.91 Å². The highest BCUT2D eigenvalue weighted by Gasteiger charge is 2.35. The first-order valence-corrected chi connectivity index (χ1v) is 5.90. The molecule has 1 aromatic heterocycles. The van der Waals surface area contributed by atoms with Gasteiger partial charge in [-0.25, -0.2) is 14.8 Å². The minimum absolute atomic E-state index is 0.0768. The van der Waals surface area contributed by atoms with Crippen LogP contribution in [0.1, 0.15) is 27.4 Å². The third-order valence-electron chi connectivity index (χ3n) is 2.95. The van der Waals surface area contributed by atoms with E-state index in [0.717, 1.165) is 18.5 Å². The summed E-state index contributed by atoms with van der Waals surface area (Å²) in [6, 6.07) is 0. The van der Waals surface area contributed by atoms with Crippen LogP contribution in [0.15, 0.2) is 24.0 Å². The second-order valence-corrected chi connectivity index (χ2v) is 4.32. The summed E-state index contributed by atoms with van der Waals surface area (Å²) in [5.74, 6) is -1.87. The number of rotatable bonds is 2. The Morgan fingerprint density at radius 1 is 1.19 bits per heavy atom. The minimum atomic E-state index is -4.38. The maximum Gasteiger partial charge on any atom is 0.412 e. The third kappa shape index (κ3) is 3.36. The van der Waals surface area contributed by atoms with E-state index >= 15 is 0 Å². The Balaban J connectivity index is 2.08. The molecule has 0 saturated heterocycles. The van der Waals surface area contributed by atoms with Crippen LogP contribution in [-0.4, -0.2) is 51.1 Å². The first-order valence-electron chi connectivity index (χ1n) is 5.90. The topological polar surface area (TPSA) is 83.4 Å². The van der Waals surface area contributed by atoms with Crippen molar-refractivity contribution in [3.8, 4) is 0 Å². The summed E-state index contributed by atoms with van der Waals surface area (Å²) < 4.78 is 37.4. The lowest BCUT2D eigenvalue weighted by molar-refractivity contribution is -0.0957. The van der Waals surface area contributed by atoms with Gasteiger partial charge in [-0.3, -0.25) is 4.79 Å². The number of carbonyl (C=O) groups excluding carboxylic acids is 1. The maximum atomic E-state index is 12.5. The summed E-state index contributed by atoms with van der Waals surface area (Å²) in [5, 5.41) is 8.66. The molecule has 1 amide bonds. The molecule has 0 atom stereocenters. The maximum absolute atomic E-state index is 12.5. The molecule has 0 radical (unpaired) electrons. The smallest absolute Gasteiger partial charge is 0.412 e. The fourth-order valence-electron chi connectivity index (χ4n) is 1.82. The Bertz CT molecular complexity index is 596. The van der Waals surface area contributed by atoms with E-state index in [1.165, 1.54) is 4.90 Å². The highest BCUT2D eigenvalue weighted by Crippen LogP contribution is 2.30. The van der Waals surface area contributed by atoms with E-state index in [-0.39, 0.29) is 30.9 Å². The zero-order valence-corrected chi connectivity index (χ0v) is 10.6. The van der Waals surface area contributed by atoms with Crippen molar-refractivity contribution in [2.75, 3.05) is 13.1 Å². The van der Waals surface area contributed by atoms with Gasteiger partial charge in [-0.1, -0.05) is 6.08 Å². The number of halogens is 3. The number of hydrogen-bond donors (Lipinski definition) is 1. The van der Waals surface area contributed by atoms with Gasteiger partial charge in [-0.15, -0.1) is 0 Å². The van der Waals surface area contributed by atoms with Crippen LogP contribution in [0, 0.1) is 0 Å². The molecule has 112 valence electrons. The number of aromatic nitrogens is 2. The fraction of sp³-hybridized carbons (Fsp3) is 0.333. The molecule has 0 aromatic carbocycles. The fourth-order valence-corrected chi connectivity index (χ4v) is 1.82. The van der Waals surface area contributed by atoms with Crippen molar-refractivity contribution in [2.45, 2.75) is 12.6 Å². The van der Waals surface area contributed by atoms with Crippen molar-refractivity contribution in [3.63, 3.8) is 0 Å². The average Bonchev–Trinajstić information content (AvgIpc) is 2.46. The molecule has 6 nitrogen and oxygen atoms in total. The number of carbonyl (C=O) groups is 2. The Labute approximate surface area is 116 Å². The molecule has 1 aliphatic heterocycles. The summed E-state index contributed by atoms with van der Waals surface area (Å²) in [4.78, 5) is 31.0. The Kier molecular flexibility index (Phi) is 3.92. The predicted molar refractivity (Wildman–Crippen MR) is 63.6 cm³/mol. The number of alkyl halides is 3. The summed E-state index contributed by atoms with van der Waals surface area (Å²) in [6.07, 6.45) is -1.78. The predicted octanol–water partition coefficient (Wildman–Crippen LogP) is 1.51. The molecule has 1 N–H and O–H groups in total. The number of nitrogens with zero attached hydrogens (tertiary/aromatic N) is 3. The number of amides is 1. The van der Waals surface area contributed by atoms with Gasteiger partial charge < -0.3 is 10.0 Å². The monoisotopic (exact) mass is 301 g/mol. The van der Waals surface area contributed by atoms with Gasteiger partial charge in [0.05, 0.1) is 12.4 Å². The second-order valence-electron chi connectivity index (χ2n) is 4.32. The van der Waals surface area contributed by atoms with Crippen molar-refractivity contribution in [1.82, 2.24) is 14.9 Å². The minimum Gasteiger partial charge on any atom is -0.476 e. The van der Waals surface area contributed by atoms with Crippen molar-refractivity contribution in [1.29, 1.82) is 0 Å². The van der Waals surface area contributed by atoms with Crippen LogP contribution in [0.4, 0.5) is 13.2 Å². The molecular formula is C12H10F3N3O3. The molecule has 1 aromatic rings. The van der Waals surface area contributed by atoms with Crippen LogP contribution in [-0.2, 0) is 0 Å². The van der Waals surface area contributed by atoms with Crippen molar-refractivity contribution in [2.24, 2.45) is 0 Å². The summed E-state index contributed by atoms with van der Waals surface area (Å²) in [6.45, 7) is -0.247. The largest absolute Gasteiger partial charge is 0.476 e. The molecule has 0 saturated carbocycles. The van der Waals surface area contributed by atoms with Crippen LogP contribution in [0.5, 0.6) is 0 Å². The molecule has 0 fully saturated rings. The SMILES string of the molecule is O=C(O)c1cnc(C(=O)N2CC=C(C(F)(F)F)CC2)cn1. The molecule has 9 heteroatoms. The highest BCUT2D eigenvalue weighted by atomic mass is 19.4. The van der Waals surface area contributed by atoms with E-state index in [9.17, 15) is 22.8 Å². The lowest BCUT2D eigenvalue weighted by Gasteiger charge is -2.26. The van der Waals surface area contributed by atoms with E-state index in [1.54, 1.807) is 0 Å². The highest BCUT2D eigenvalue weighted by molar-refractivity contribution is 5.93. The van der Waals surface area contributed by atoms with E-state index in [0.29, 0.717) is 0 Å². The van der Waals surface area contributed by atoms with Gasteiger partial charge in [-0.05, 0) is 6.42 Å². The van der Waals surface area contributed by atoms with Crippen molar-refractivity contribution < 1.29 is 27.9 Å². The average molecular weight is 301 g/mol. The molecule has 21 heavy (non-hydrogen) atoms. The van der Waals surface area contributed by atoms with Crippen LogP contribution >= 0.6 is 0 Å². The number of aromatic carboxylic acids is 1. The van der Waals surface area contributed by atoms with Crippen molar-refractivity contribution >= 4 is 11.9 Å².